The molecule has 0 bridgehead atoms. The summed E-state index contributed by atoms with van der Waals surface area (Å²) in [5.74, 6) is -0.370. The van der Waals surface area contributed by atoms with E-state index in [1.54, 1.807) is 0 Å². The minimum absolute atomic E-state index is 0. The van der Waals surface area contributed by atoms with Crippen LogP contribution in [0.3, 0.4) is 0 Å². The largest absolute Gasteiger partial charge is 0.467 e. The second kappa shape index (κ2) is 4.54. The standard InChI is InChI=1S/C6H11NO3.ClH/c1-9-6(8)5-4(7)2-3-10-5;/h4-5H,2-3,7H2,1H3;1H/t4-,5+;/m0./s1. The van der Waals surface area contributed by atoms with Crippen molar-refractivity contribution in [2.45, 2.75) is 18.6 Å². The van der Waals surface area contributed by atoms with Gasteiger partial charge in [0.1, 0.15) is 0 Å². The molecule has 0 radical (unpaired) electrons. The van der Waals surface area contributed by atoms with Gasteiger partial charge in [0.15, 0.2) is 6.10 Å². The third-order valence-corrected chi connectivity index (χ3v) is 1.57. The summed E-state index contributed by atoms with van der Waals surface area (Å²) < 4.78 is 9.48. The Morgan fingerprint density at radius 3 is 2.73 bits per heavy atom. The minimum atomic E-state index is -0.537. The van der Waals surface area contributed by atoms with Crippen molar-refractivity contribution in [1.82, 2.24) is 0 Å². The highest BCUT2D eigenvalue weighted by Crippen LogP contribution is 2.11. The van der Waals surface area contributed by atoms with Gasteiger partial charge in [-0.1, -0.05) is 0 Å². The molecule has 1 aliphatic rings. The first-order chi connectivity index (χ1) is 4.75. The lowest BCUT2D eigenvalue weighted by molar-refractivity contribution is -0.151. The second-order valence-electron chi connectivity index (χ2n) is 2.27. The quantitative estimate of drug-likeness (QED) is 0.565. The highest BCUT2D eigenvalue weighted by Gasteiger charge is 2.31. The topological polar surface area (TPSA) is 61.5 Å². The number of hydrogen-bond donors (Lipinski definition) is 1. The van der Waals surface area contributed by atoms with E-state index in [0.717, 1.165) is 6.42 Å². The maximum absolute atomic E-state index is 10.8. The van der Waals surface area contributed by atoms with Crippen LogP contribution < -0.4 is 5.73 Å². The highest BCUT2D eigenvalue weighted by atomic mass is 35.5. The Morgan fingerprint density at radius 1 is 1.73 bits per heavy atom. The summed E-state index contributed by atoms with van der Waals surface area (Å²) >= 11 is 0. The molecule has 2 atom stereocenters. The van der Waals surface area contributed by atoms with Gasteiger partial charge >= 0.3 is 5.97 Å². The zero-order valence-electron chi connectivity index (χ0n) is 6.28. The molecular formula is C6H12ClNO3. The number of hydrogen-bond acceptors (Lipinski definition) is 4. The first-order valence-corrected chi connectivity index (χ1v) is 3.20. The molecule has 1 saturated heterocycles. The monoisotopic (exact) mass is 181 g/mol. The van der Waals surface area contributed by atoms with Crippen molar-refractivity contribution in [3.8, 4) is 0 Å². The van der Waals surface area contributed by atoms with Crippen molar-refractivity contribution in [2.24, 2.45) is 5.73 Å². The van der Waals surface area contributed by atoms with Crippen LogP contribution in [0.2, 0.25) is 0 Å². The smallest absolute Gasteiger partial charge is 0.336 e. The van der Waals surface area contributed by atoms with Crippen LogP contribution in [0.1, 0.15) is 6.42 Å². The fraction of sp³-hybridized carbons (Fsp3) is 0.833. The minimum Gasteiger partial charge on any atom is -0.467 e. The number of esters is 1. The van der Waals surface area contributed by atoms with E-state index in [-0.39, 0.29) is 24.4 Å². The first-order valence-electron chi connectivity index (χ1n) is 3.20. The predicted molar refractivity (Wildman–Crippen MR) is 41.6 cm³/mol. The molecule has 4 nitrogen and oxygen atoms in total. The highest BCUT2D eigenvalue weighted by molar-refractivity contribution is 5.85. The lowest BCUT2D eigenvalue weighted by atomic mass is 10.1. The van der Waals surface area contributed by atoms with Crippen molar-refractivity contribution >= 4 is 18.4 Å². The van der Waals surface area contributed by atoms with Crippen LogP contribution in [0.4, 0.5) is 0 Å². The fourth-order valence-electron chi connectivity index (χ4n) is 0.965. The fourth-order valence-corrected chi connectivity index (χ4v) is 0.965. The number of carbonyl (C=O) groups is 1. The first kappa shape index (κ1) is 10.7. The van der Waals surface area contributed by atoms with Gasteiger partial charge < -0.3 is 15.2 Å². The summed E-state index contributed by atoms with van der Waals surface area (Å²) in [6, 6.07) is -0.188. The number of carbonyl (C=O) groups excluding carboxylic acids is 1. The van der Waals surface area contributed by atoms with Gasteiger partial charge in [-0.2, -0.15) is 0 Å². The molecule has 0 aromatic carbocycles. The van der Waals surface area contributed by atoms with E-state index in [1.807, 2.05) is 0 Å². The van der Waals surface area contributed by atoms with E-state index in [0.29, 0.717) is 6.61 Å². The summed E-state index contributed by atoms with van der Waals surface area (Å²) in [4.78, 5) is 10.8. The molecule has 1 aliphatic heterocycles. The number of methoxy groups -OCH3 is 1. The van der Waals surface area contributed by atoms with E-state index in [1.165, 1.54) is 7.11 Å². The molecule has 5 heteroatoms. The number of nitrogens with two attached hydrogens (primary N) is 1. The maximum Gasteiger partial charge on any atom is 0.336 e. The predicted octanol–water partition coefficient (Wildman–Crippen LogP) is -0.303. The molecule has 2 N–H and O–H groups in total. The molecule has 0 aliphatic carbocycles. The Hall–Kier alpha value is -0.320. The summed E-state index contributed by atoms with van der Waals surface area (Å²) in [5.41, 5.74) is 5.53. The Balaban J connectivity index is 0.000001000. The molecule has 11 heavy (non-hydrogen) atoms. The van der Waals surface area contributed by atoms with Gasteiger partial charge in [0.05, 0.1) is 7.11 Å². The van der Waals surface area contributed by atoms with Crippen molar-refractivity contribution in [3.05, 3.63) is 0 Å². The van der Waals surface area contributed by atoms with Crippen molar-refractivity contribution in [2.75, 3.05) is 13.7 Å². The molecular weight excluding hydrogens is 170 g/mol. The van der Waals surface area contributed by atoms with Gasteiger partial charge in [-0.3, -0.25) is 0 Å². The van der Waals surface area contributed by atoms with Crippen molar-refractivity contribution < 1.29 is 14.3 Å². The summed E-state index contributed by atoms with van der Waals surface area (Å²) in [5, 5.41) is 0. The average molecular weight is 182 g/mol. The molecule has 0 amide bonds. The van der Waals surface area contributed by atoms with Crippen LogP contribution >= 0.6 is 12.4 Å². The third-order valence-electron chi connectivity index (χ3n) is 1.57. The van der Waals surface area contributed by atoms with E-state index in [9.17, 15) is 4.79 Å². The van der Waals surface area contributed by atoms with Crippen LogP contribution in [-0.4, -0.2) is 31.8 Å². The average Bonchev–Trinajstić information content (AvgIpc) is 2.34. The molecule has 66 valence electrons. The van der Waals surface area contributed by atoms with Crippen molar-refractivity contribution in [3.63, 3.8) is 0 Å². The Labute approximate surface area is 71.4 Å². The number of halogens is 1. The van der Waals surface area contributed by atoms with Gasteiger partial charge in [0.2, 0.25) is 0 Å². The van der Waals surface area contributed by atoms with E-state index in [2.05, 4.69) is 4.74 Å². The van der Waals surface area contributed by atoms with Crippen LogP contribution in [0, 0.1) is 0 Å². The normalized spacial score (nSPS) is 29.3. The molecule has 0 unspecified atom stereocenters. The van der Waals surface area contributed by atoms with Crippen LogP contribution in [0.15, 0.2) is 0 Å². The molecule has 0 spiro atoms. The van der Waals surface area contributed by atoms with Crippen molar-refractivity contribution in [1.29, 1.82) is 0 Å². The molecule has 1 rings (SSSR count). The SMILES string of the molecule is COC(=O)[C@@H]1OCC[C@@H]1N.Cl. The van der Waals surface area contributed by atoms with Gasteiger partial charge in [-0.05, 0) is 6.42 Å². The van der Waals surface area contributed by atoms with Crippen LogP contribution in [0.25, 0.3) is 0 Å². The maximum atomic E-state index is 10.8. The molecule has 0 saturated carbocycles. The molecule has 0 aromatic heterocycles. The van der Waals surface area contributed by atoms with Gasteiger partial charge in [0, 0.05) is 12.6 Å². The summed E-state index contributed by atoms with van der Waals surface area (Å²) in [6.07, 6.45) is 0.199. The van der Waals surface area contributed by atoms with Crippen LogP contribution in [-0.2, 0) is 14.3 Å². The summed E-state index contributed by atoms with van der Waals surface area (Å²) in [7, 11) is 1.33. The number of ether oxygens (including phenoxy) is 2. The van der Waals surface area contributed by atoms with Crippen LogP contribution in [0.5, 0.6) is 0 Å². The molecule has 0 aromatic rings. The molecule has 1 fully saturated rings. The Bertz CT molecular complexity index is 142. The third kappa shape index (κ3) is 2.32. The zero-order chi connectivity index (χ0) is 7.56. The lowest BCUT2D eigenvalue weighted by Crippen LogP contribution is -2.37. The van der Waals surface area contributed by atoms with Gasteiger partial charge in [0.25, 0.3) is 0 Å². The lowest BCUT2D eigenvalue weighted by Gasteiger charge is -2.10. The Kier molecular flexibility index (Phi) is 4.40. The second-order valence-corrected chi connectivity index (χ2v) is 2.27. The van der Waals surface area contributed by atoms with Gasteiger partial charge in [-0.15, -0.1) is 12.4 Å². The number of rotatable bonds is 1. The van der Waals surface area contributed by atoms with Gasteiger partial charge in [-0.25, -0.2) is 4.79 Å². The van der Waals surface area contributed by atoms with E-state index in [4.69, 9.17) is 10.5 Å². The van der Waals surface area contributed by atoms with E-state index >= 15 is 0 Å². The molecule has 1 heterocycles. The van der Waals surface area contributed by atoms with E-state index < -0.39 is 6.10 Å². The Morgan fingerprint density at radius 2 is 2.36 bits per heavy atom. The zero-order valence-corrected chi connectivity index (χ0v) is 7.10. The summed E-state index contributed by atoms with van der Waals surface area (Å²) in [6.45, 7) is 0.556.